The maximum Gasteiger partial charge on any atom is 0.442 e. The number of hydrogen-bond acceptors (Lipinski definition) is 8. The van der Waals surface area contributed by atoms with Crippen molar-refractivity contribution in [3.63, 3.8) is 0 Å². The zero-order chi connectivity index (χ0) is 29.5. The van der Waals surface area contributed by atoms with Gasteiger partial charge in [0.2, 0.25) is 10.6 Å². The smallest absolute Gasteiger partial charge is 0.442 e. The zero-order valence-electron chi connectivity index (χ0n) is 23.8. The van der Waals surface area contributed by atoms with Crippen LogP contribution in [-0.4, -0.2) is 33.6 Å². The topological polar surface area (TPSA) is 74.3 Å². The number of hydrogen-bond donors (Lipinski definition) is 0. The Bertz CT molecular complexity index is 1130. The molecule has 1 aromatic carbocycles. The zero-order valence-corrected chi connectivity index (χ0v) is 28.6. The van der Waals surface area contributed by atoms with E-state index in [0.29, 0.717) is 17.3 Å². The van der Waals surface area contributed by atoms with Gasteiger partial charge in [0.15, 0.2) is 0 Å². The first-order valence-electron chi connectivity index (χ1n) is 13.1. The van der Waals surface area contributed by atoms with E-state index in [2.05, 4.69) is 31.8 Å². The molecule has 0 N–H and O–H groups in total. The molecule has 0 radical (unpaired) electrons. The van der Waals surface area contributed by atoms with E-state index in [1.807, 2.05) is 20.8 Å². The minimum absolute atomic E-state index is 0.0434. The Hall–Kier alpha value is -0.620. The van der Waals surface area contributed by atoms with E-state index in [1.165, 1.54) is 50.7 Å². The summed E-state index contributed by atoms with van der Waals surface area (Å²) < 4.78 is 22.2. The van der Waals surface area contributed by atoms with Crippen molar-refractivity contribution in [1.29, 1.82) is 0 Å². The lowest BCUT2D eigenvalue weighted by Gasteiger charge is -2.15. The molecule has 0 aliphatic heterocycles. The monoisotopic (exact) mass is 654 g/mol. The second-order valence-corrected chi connectivity index (χ2v) is 22.3. The second-order valence-electron chi connectivity index (χ2n) is 9.57. The summed E-state index contributed by atoms with van der Waals surface area (Å²) in [7, 11) is 0. The van der Waals surface area contributed by atoms with Gasteiger partial charge in [-0.1, -0.05) is 124 Å². The highest BCUT2D eigenvalue weighted by molar-refractivity contribution is 9.14. The highest BCUT2D eigenvalue weighted by atomic mass is 35.5. The third-order valence-electron chi connectivity index (χ3n) is 4.97. The fourth-order valence-electron chi connectivity index (χ4n) is 2.72. The van der Waals surface area contributed by atoms with Gasteiger partial charge in [0, 0.05) is 28.7 Å². The molecule has 0 spiro atoms. The molecule has 39 heavy (non-hydrogen) atoms. The van der Waals surface area contributed by atoms with Crippen LogP contribution in [0.2, 0.25) is 10.0 Å². The highest BCUT2D eigenvalue weighted by Crippen LogP contribution is 2.78. The molecule has 0 bridgehead atoms. The van der Waals surface area contributed by atoms with Gasteiger partial charge in [-0.3, -0.25) is 4.57 Å². The third kappa shape index (κ3) is 13.3. The Kier molecular flexibility index (Phi) is 17.5. The molecular formula is C27H41Cl2N2O4PS3. The molecule has 0 aliphatic carbocycles. The number of benzene rings is 1. The lowest BCUT2D eigenvalue weighted by molar-refractivity contribution is 0.370. The largest absolute Gasteiger partial charge is 0.479 e. The quantitative estimate of drug-likeness (QED) is 0.107. The minimum Gasteiger partial charge on any atom is -0.479 e. The Morgan fingerprint density at radius 3 is 1.92 bits per heavy atom. The Morgan fingerprint density at radius 2 is 1.51 bits per heavy atom. The summed E-state index contributed by atoms with van der Waals surface area (Å²) in [6, 6.07) is 2.96. The Balaban J connectivity index is 0.000000406. The van der Waals surface area contributed by atoms with Crippen molar-refractivity contribution in [1.82, 2.24) is 9.78 Å². The Labute approximate surface area is 256 Å². The van der Waals surface area contributed by atoms with Crippen molar-refractivity contribution in [2.45, 2.75) is 85.5 Å². The van der Waals surface area contributed by atoms with Crippen LogP contribution in [0.15, 0.2) is 21.3 Å². The SMILES string of the molecule is C#CCOc1cc(-n2nc(C(C)(C)C)oc2=O)c(Cl)cc1Cl.CCCCSP(=O)(SCCCC)SCCCC. The van der Waals surface area contributed by atoms with Crippen LogP contribution in [0.1, 0.15) is 86.0 Å². The summed E-state index contributed by atoms with van der Waals surface area (Å²) in [4.78, 5) is 12.0. The van der Waals surface area contributed by atoms with Gasteiger partial charge >= 0.3 is 5.76 Å². The molecule has 0 saturated heterocycles. The molecule has 0 fully saturated rings. The van der Waals surface area contributed by atoms with Gasteiger partial charge in [-0.2, -0.15) is 4.68 Å². The summed E-state index contributed by atoms with van der Waals surface area (Å²) in [5, 5.41) is 4.71. The third-order valence-corrected chi connectivity index (χ3v) is 18.1. The number of rotatable bonds is 15. The number of halogens is 2. The molecule has 0 amide bonds. The predicted molar refractivity (Wildman–Crippen MR) is 175 cm³/mol. The van der Waals surface area contributed by atoms with Gasteiger partial charge in [-0.15, -0.1) is 11.5 Å². The van der Waals surface area contributed by atoms with Crippen molar-refractivity contribution in [3.8, 4) is 23.8 Å². The van der Waals surface area contributed by atoms with Crippen LogP contribution < -0.4 is 10.5 Å². The van der Waals surface area contributed by atoms with Gasteiger partial charge in [-0.05, 0) is 25.3 Å². The fraction of sp³-hybridized carbons (Fsp3) is 0.630. The molecule has 1 heterocycles. The van der Waals surface area contributed by atoms with E-state index in [0.717, 1.165) is 21.9 Å². The first-order chi connectivity index (χ1) is 18.4. The molecule has 0 unspecified atom stereocenters. The molecule has 12 heteroatoms. The van der Waals surface area contributed by atoms with Crippen LogP contribution in [0, 0.1) is 12.3 Å². The van der Waals surface area contributed by atoms with Crippen LogP contribution in [0.25, 0.3) is 5.69 Å². The lowest BCUT2D eigenvalue weighted by atomic mass is 9.97. The molecule has 0 aliphatic rings. The van der Waals surface area contributed by atoms with Crippen LogP contribution in [0.5, 0.6) is 5.75 Å². The summed E-state index contributed by atoms with van der Waals surface area (Å²) >= 11 is 17.4. The van der Waals surface area contributed by atoms with Crippen molar-refractivity contribution in [2.24, 2.45) is 0 Å². The van der Waals surface area contributed by atoms with Crippen LogP contribution >= 0.6 is 62.1 Å². The minimum atomic E-state index is -2.06. The van der Waals surface area contributed by atoms with Crippen molar-refractivity contribution in [3.05, 3.63) is 38.6 Å². The van der Waals surface area contributed by atoms with Crippen molar-refractivity contribution < 1.29 is 13.7 Å². The van der Waals surface area contributed by atoms with Crippen LogP contribution in [0.4, 0.5) is 0 Å². The molecule has 220 valence electrons. The number of nitrogens with zero attached hydrogens (tertiary/aromatic N) is 2. The number of ether oxygens (including phenoxy) is 1. The summed E-state index contributed by atoms with van der Waals surface area (Å²) in [6.45, 7) is 12.3. The van der Waals surface area contributed by atoms with E-state index in [9.17, 15) is 9.36 Å². The average molecular weight is 656 g/mol. The normalized spacial score (nSPS) is 11.6. The van der Waals surface area contributed by atoms with Gasteiger partial charge in [-0.25, -0.2) is 4.79 Å². The van der Waals surface area contributed by atoms with Gasteiger partial charge in [0.25, 0.3) is 0 Å². The maximum absolute atomic E-state index is 12.7. The van der Waals surface area contributed by atoms with E-state index >= 15 is 0 Å². The van der Waals surface area contributed by atoms with E-state index in [4.69, 9.17) is 38.8 Å². The van der Waals surface area contributed by atoms with Crippen molar-refractivity contribution >= 4 is 62.1 Å². The molecule has 2 rings (SSSR count). The van der Waals surface area contributed by atoms with E-state index < -0.39 is 15.9 Å². The molecule has 6 nitrogen and oxygen atoms in total. The molecular weight excluding hydrogens is 614 g/mol. The van der Waals surface area contributed by atoms with Gasteiger partial charge < -0.3 is 9.15 Å². The number of unbranched alkanes of at least 4 members (excludes halogenated alkanes) is 3. The summed E-state index contributed by atoms with van der Waals surface area (Å²) in [6.07, 6.45) is 12.3. The average Bonchev–Trinajstić information content (AvgIpc) is 3.26. The summed E-state index contributed by atoms with van der Waals surface area (Å²) in [5.74, 6) is 5.49. The van der Waals surface area contributed by atoms with Crippen molar-refractivity contribution in [2.75, 3.05) is 23.9 Å². The lowest BCUT2D eigenvalue weighted by Crippen LogP contribution is -2.15. The first-order valence-corrected chi connectivity index (χ1v) is 20.4. The Morgan fingerprint density at radius 1 is 1.00 bits per heavy atom. The molecule has 1 aromatic heterocycles. The van der Waals surface area contributed by atoms with E-state index in [1.54, 1.807) is 34.1 Å². The predicted octanol–water partition coefficient (Wildman–Crippen LogP) is 10.1. The van der Waals surface area contributed by atoms with E-state index in [-0.39, 0.29) is 16.7 Å². The summed E-state index contributed by atoms with van der Waals surface area (Å²) in [5.41, 5.74) is -0.103. The van der Waals surface area contributed by atoms with Crippen LogP contribution in [0.3, 0.4) is 0 Å². The second kappa shape index (κ2) is 18.7. The molecule has 0 atom stereocenters. The van der Waals surface area contributed by atoms with Gasteiger partial charge in [0.05, 0.1) is 15.7 Å². The fourth-order valence-corrected chi connectivity index (χ4v) is 15.3. The molecule has 0 saturated carbocycles. The molecule has 2 aromatic rings. The van der Waals surface area contributed by atoms with Crippen LogP contribution in [-0.2, 0) is 9.98 Å². The number of terminal acetylenes is 1. The van der Waals surface area contributed by atoms with Gasteiger partial charge in [0.1, 0.15) is 12.4 Å². The first kappa shape index (κ1) is 36.4. The highest BCUT2D eigenvalue weighted by Gasteiger charge is 2.25. The number of aromatic nitrogens is 2. The standard InChI is InChI=1S/C15H14Cl2N2O3.C12H27OPS3/c1-5-6-21-12-8-11(9(16)7-10(12)17)19-14(20)22-13(18-19)15(2,3)4;1-4-7-10-15-14(13,16-11-8-5-2)17-12-9-6-3/h1,7-8H,6H2,2-4H3;4-12H2,1-3H3. The maximum atomic E-state index is 12.7.